The van der Waals surface area contributed by atoms with Crippen LogP contribution in [-0.2, 0) is 11.4 Å². The molecule has 1 fully saturated rings. The zero-order chi connectivity index (χ0) is 22.2. The van der Waals surface area contributed by atoms with Gasteiger partial charge in [-0.25, -0.2) is 0 Å². The van der Waals surface area contributed by atoms with E-state index in [9.17, 15) is 9.59 Å². The number of amides is 2. The fourth-order valence-corrected chi connectivity index (χ4v) is 3.64. The number of anilines is 2. The van der Waals surface area contributed by atoms with Crippen molar-refractivity contribution in [1.82, 2.24) is 4.90 Å². The highest BCUT2D eigenvalue weighted by molar-refractivity contribution is 5.96. The number of nitrogens with one attached hydrogen (secondary N) is 2. The summed E-state index contributed by atoms with van der Waals surface area (Å²) >= 11 is 0. The molecule has 2 N–H and O–H groups in total. The molecule has 0 bridgehead atoms. The van der Waals surface area contributed by atoms with Gasteiger partial charge in [-0.3, -0.25) is 9.59 Å². The SMILES string of the molecule is O=C(CNc1ccc(C(=O)N2CCCC2)cc1)Nc1ccccc1OCc1ccccc1. The molecule has 1 aliphatic rings. The van der Waals surface area contributed by atoms with Crippen LogP contribution in [0, 0.1) is 0 Å². The Hall–Kier alpha value is -3.80. The van der Waals surface area contributed by atoms with E-state index in [4.69, 9.17) is 4.74 Å². The molecule has 0 aliphatic carbocycles. The lowest BCUT2D eigenvalue weighted by Gasteiger charge is -2.15. The van der Waals surface area contributed by atoms with Crippen LogP contribution < -0.4 is 15.4 Å². The van der Waals surface area contributed by atoms with Crippen LogP contribution in [0.15, 0.2) is 78.9 Å². The first-order chi connectivity index (χ1) is 15.7. The summed E-state index contributed by atoms with van der Waals surface area (Å²) in [7, 11) is 0. The van der Waals surface area contributed by atoms with Gasteiger partial charge in [-0.1, -0.05) is 42.5 Å². The van der Waals surface area contributed by atoms with Gasteiger partial charge in [0.05, 0.1) is 12.2 Å². The molecule has 1 saturated heterocycles. The number of ether oxygens (including phenoxy) is 1. The topological polar surface area (TPSA) is 70.7 Å². The van der Waals surface area contributed by atoms with Crippen molar-refractivity contribution in [2.75, 3.05) is 30.3 Å². The highest BCUT2D eigenvalue weighted by Gasteiger charge is 2.19. The van der Waals surface area contributed by atoms with Crippen molar-refractivity contribution in [3.05, 3.63) is 90.0 Å². The van der Waals surface area contributed by atoms with Crippen LogP contribution in [0.25, 0.3) is 0 Å². The van der Waals surface area contributed by atoms with Gasteiger partial charge in [-0.15, -0.1) is 0 Å². The Morgan fingerprint density at radius 2 is 1.53 bits per heavy atom. The first-order valence-corrected chi connectivity index (χ1v) is 10.9. The Balaban J connectivity index is 1.29. The number of hydrogen-bond acceptors (Lipinski definition) is 4. The minimum atomic E-state index is -0.182. The lowest BCUT2D eigenvalue weighted by Crippen LogP contribution is -2.27. The number of nitrogens with zero attached hydrogens (tertiary/aromatic N) is 1. The van der Waals surface area contributed by atoms with Gasteiger partial charge in [-0.05, 0) is 54.8 Å². The molecule has 3 aromatic rings. The second-order valence-corrected chi connectivity index (χ2v) is 7.75. The van der Waals surface area contributed by atoms with Crippen molar-refractivity contribution in [1.29, 1.82) is 0 Å². The van der Waals surface area contributed by atoms with Crippen LogP contribution in [-0.4, -0.2) is 36.3 Å². The number of rotatable bonds is 8. The number of likely N-dealkylation sites (tertiary alicyclic amines) is 1. The Morgan fingerprint density at radius 1 is 0.844 bits per heavy atom. The first kappa shape index (κ1) is 21.4. The summed E-state index contributed by atoms with van der Waals surface area (Å²) < 4.78 is 5.89. The van der Waals surface area contributed by atoms with Crippen molar-refractivity contribution in [2.24, 2.45) is 0 Å². The average Bonchev–Trinajstić information content (AvgIpc) is 3.38. The zero-order valence-corrected chi connectivity index (χ0v) is 17.9. The van der Waals surface area contributed by atoms with Gasteiger partial charge in [0, 0.05) is 24.3 Å². The third-order valence-electron chi connectivity index (χ3n) is 5.38. The van der Waals surface area contributed by atoms with E-state index in [-0.39, 0.29) is 18.4 Å². The van der Waals surface area contributed by atoms with Crippen LogP contribution in [0.4, 0.5) is 11.4 Å². The minimum absolute atomic E-state index is 0.0684. The summed E-state index contributed by atoms with van der Waals surface area (Å²) in [5.41, 5.74) is 3.14. The van der Waals surface area contributed by atoms with E-state index >= 15 is 0 Å². The molecule has 2 amide bonds. The summed E-state index contributed by atoms with van der Waals surface area (Å²) in [6, 6.07) is 24.5. The summed E-state index contributed by atoms with van der Waals surface area (Å²) in [4.78, 5) is 26.8. The minimum Gasteiger partial charge on any atom is -0.487 e. The van der Waals surface area contributed by atoms with Crippen molar-refractivity contribution in [2.45, 2.75) is 19.4 Å². The van der Waals surface area contributed by atoms with Gasteiger partial charge < -0.3 is 20.3 Å². The number of para-hydroxylation sites is 2. The second-order valence-electron chi connectivity index (χ2n) is 7.75. The maximum Gasteiger partial charge on any atom is 0.253 e. The summed E-state index contributed by atoms with van der Waals surface area (Å²) in [5.74, 6) is 0.506. The quantitative estimate of drug-likeness (QED) is 0.551. The molecular weight excluding hydrogens is 402 g/mol. The number of carbonyl (C=O) groups excluding carboxylic acids is 2. The molecule has 0 spiro atoms. The third-order valence-corrected chi connectivity index (χ3v) is 5.38. The molecule has 32 heavy (non-hydrogen) atoms. The molecule has 164 valence electrons. The van der Waals surface area contributed by atoms with E-state index in [2.05, 4.69) is 10.6 Å². The smallest absolute Gasteiger partial charge is 0.253 e. The molecule has 1 aliphatic heterocycles. The molecule has 6 nitrogen and oxygen atoms in total. The largest absolute Gasteiger partial charge is 0.487 e. The Morgan fingerprint density at radius 3 is 2.28 bits per heavy atom. The highest BCUT2D eigenvalue weighted by Crippen LogP contribution is 2.25. The molecule has 6 heteroatoms. The third kappa shape index (κ3) is 5.66. The number of benzene rings is 3. The van der Waals surface area contributed by atoms with Crippen LogP contribution in [0.5, 0.6) is 5.75 Å². The fourth-order valence-electron chi connectivity index (χ4n) is 3.64. The van der Waals surface area contributed by atoms with E-state index in [1.165, 1.54) is 0 Å². The average molecular weight is 430 g/mol. The lowest BCUT2D eigenvalue weighted by molar-refractivity contribution is -0.114. The second kappa shape index (κ2) is 10.5. The molecule has 0 radical (unpaired) electrons. The monoisotopic (exact) mass is 429 g/mol. The van der Waals surface area contributed by atoms with Crippen LogP contribution >= 0.6 is 0 Å². The Bertz CT molecular complexity index is 1050. The fraction of sp³-hybridized carbons (Fsp3) is 0.231. The summed E-state index contributed by atoms with van der Waals surface area (Å²) in [6.45, 7) is 2.19. The van der Waals surface area contributed by atoms with E-state index in [1.807, 2.05) is 71.6 Å². The van der Waals surface area contributed by atoms with Crippen molar-refractivity contribution in [3.8, 4) is 5.75 Å². The normalized spacial score (nSPS) is 12.9. The van der Waals surface area contributed by atoms with Crippen molar-refractivity contribution >= 4 is 23.2 Å². The van der Waals surface area contributed by atoms with E-state index in [1.54, 1.807) is 12.1 Å². The highest BCUT2D eigenvalue weighted by atomic mass is 16.5. The van der Waals surface area contributed by atoms with E-state index in [0.29, 0.717) is 23.6 Å². The van der Waals surface area contributed by atoms with Gasteiger partial charge in [0.15, 0.2) is 0 Å². The Labute approximate surface area is 188 Å². The predicted molar refractivity (Wildman–Crippen MR) is 126 cm³/mol. The molecule has 0 atom stereocenters. The predicted octanol–water partition coefficient (Wildman–Crippen LogP) is 4.55. The molecule has 4 rings (SSSR count). The van der Waals surface area contributed by atoms with Gasteiger partial charge in [0.25, 0.3) is 5.91 Å². The van der Waals surface area contributed by atoms with Gasteiger partial charge in [-0.2, -0.15) is 0 Å². The van der Waals surface area contributed by atoms with E-state index < -0.39 is 0 Å². The van der Waals surface area contributed by atoms with Crippen molar-refractivity contribution in [3.63, 3.8) is 0 Å². The molecule has 3 aromatic carbocycles. The van der Waals surface area contributed by atoms with Crippen LogP contribution in [0.2, 0.25) is 0 Å². The van der Waals surface area contributed by atoms with Gasteiger partial charge in [0.1, 0.15) is 12.4 Å². The summed E-state index contributed by atoms with van der Waals surface area (Å²) in [5, 5.41) is 6.00. The van der Waals surface area contributed by atoms with Gasteiger partial charge in [0.2, 0.25) is 5.91 Å². The molecule has 0 unspecified atom stereocenters. The van der Waals surface area contributed by atoms with Crippen LogP contribution in [0.3, 0.4) is 0 Å². The number of carbonyl (C=O) groups is 2. The molecule has 1 heterocycles. The standard InChI is InChI=1S/C26H27N3O3/c30-25(18-27-22-14-12-21(13-15-22)26(31)29-16-6-7-17-29)28-23-10-4-5-11-24(23)32-19-20-8-2-1-3-9-20/h1-5,8-15,27H,6-7,16-19H2,(H,28,30). The molecule has 0 saturated carbocycles. The molecule has 0 aromatic heterocycles. The summed E-state index contributed by atoms with van der Waals surface area (Å²) in [6.07, 6.45) is 2.14. The van der Waals surface area contributed by atoms with Gasteiger partial charge >= 0.3 is 0 Å². The number of hydrogen-bond donors (Lipinski definition) is 2. The van der Waals surface area contributed by atoms with E-state index in [0.717, 1.165) is 37.2 Å². The maximum atomic E-state index is 12.5. The molecular formula is C26H27N3O3. The zero-order valence-electron chi connectivity index (χ0n) is 17.9. The van der Waals surface area contributed by atoms with Crippen molar-refractivity contribution < 1.29 is 14.3 Å². The maximum absolute atomic E-state index is 12.5. The lowest BCUT2D eigenvalue weighted by atomic mass is 10.2. The Kier molecular flexibility index (Phi) is 7.02. The first-order valence-electron chi connectivity index (χ1n) is 10.9. The van der Waals surface area contributed by atoms with Crippen LogP contribution in [0.1, 0.15) is 28.8 Å².